The molecule has 0 amide bonds. The number of piperazine rings is 2. The van der Waals surface area contributed by atoms with E-state index >= 15 is 0 Å². The lowest BCUT2D eigenvalue weighted by atomic mass is 9.71. The van der Waals surface area contributed by atoms with Gasteiger partial charge in [-0.05, 0) is 161 Å². The standard InChI is InChI=1S/2C40H42N4O9S/c2*1-17-10-23-21(12-27(17)46)7-8-42-40(23)15-54-38-30-29(37-36(51-16-52-37)19(3)35(30)53-20(4)45)26(14-50-39(40)48)44-25(13-41)24-11-22-9-18(2)34(49-6)33(47)28(22)31(32(38)44)43(24)5/h2*9-10,12,24-26,31-32,38,42,46-47H,7-8,11,14-16H2,1-6H3/t2*24?,25-,26-,31+,32+,38+,40?/m00/s1. The molecule has 28 heteroatoms. The van der Waals surface area contributed by atoms with E-state index in [-0.39, 0.29) is 73.4 Å². The van der Waals surface area contributed by atoms with Crippen molar-refractivity contribution in [2.45, 2.75) is 163 Å². The van der Waals surface area contributed by atoms with Gasteiger partial charge in [0, 0.05) is 107 Å². The Morgan fingerprint density at radius 3 is 1.29 bits per heavy atom. The third-order valence-corrected chi connectivity index (χ3v) is 27.8. The van der Waals surface area contributed by atoms with E-state index in [1.54, 1.807) is 26.4 Å². The number of aromatic hydroxyl groups is 4. The summed E-state index contributed by atoms with van der Waals surface area (Å²) in [7, 11) is 7.08. The number of benzene rings is 6. The van der Waals surface area contributed by atoms with E-state index in [0.29, 0.717) is 129 Å². The second kappa shape index (κ2) is 26.2. The summed E-state index contributed by atoms with van der Waals surface area (Å²) in [5, 5.41) is 73.7. The first-order valence-electron chi connectivity index (χ1n) is 36.4. The first-order valence-corrected chi connectivity index (χ1v) is 38.5. The fraction of sp³-hybridized carbons (Fsp3) is 0.475. The summed E-state index contributed by atoms with van der Waals surface area (Å²) in [4.78, 5) is 64.0. The normalized spacial score (nSPS) is 29.3. The molecule has 4 saturated heterocycles. The van der Waals surface area contributed by atoms with Gasteiger partial charge < -0.3 is 67.8 Å². The molecule has 26 nitrogen and oxygen atoms in total. The highest BCUT2D eigenvalue weighted by molar-refractivity contribution is 7.99. The fourth-order valence-corrected chi connectivity index (χ4v) is 23.7. The summed E-state index contributed by atoms with van der Waals surface area (Å²) >= 11 is 3.03. The number of aryl methyl sites for hydroxylation is 4. The fourth-order valence-electron chi connectivity index (χ4n) is 20.3. The number of carbonyl (C=O) groups is 4. The Balaban J connectivity index is 0.000000158. The monoisotopic (exact) mass is 1510 g/mol. The smallest absolute Gasteiger partial charge is 0.331 e. The molecule has 6 aromatic carbocycles. The predicted octanol–water partition coefficient (Wildman–Crippen LogP) is 8.57. The van der Waals surface area contributed by atoms with Crippen molar-refractivity contribution >= 4 is 47.4 Å². The van der Waals surface area contributed by atoms with Crippen LogP contribution in [-0.2, 0) is 65.4 Å². The molecular formula is C80H84N8O18S2. The highest BCUT2D eigenvalue weighted by atomic mass is 32.2. The van der Waals surface area contributed by atoms with Crippen LogP contribution in [0.4, 0.5) is 0 Å². The molecule has 14 atom stereocenters. The number of hydrogen-bond donors (Lipinski definition) is 6. The van der Waals surface area contributed by atoms with Gasteiger partial charge in [0.25, 0.3) is 0 Å². The van der Waals surface area contributed by atoms with E-state index in [0.717, 1.165) is 55.6 Å². The Kier molecular flexibility index (Phi) is 17.3. The number of phenols is 4. The van der Waals surface area contributed by atoms with Crippen molar-refractivity contribution in [1.82, 2.24) is 30.2 Å². The lowest BCUT2D eigenvalue weighted by molar-refractivity contribution is -0.158. The number of nitrogens with zero attached hydrogens (tertiary/aromatic N) is 6. The van der Waals surface area contributed by atoms with Crippen LogP contribution in [0.5, 0.6) is 69.0 Å². The number of likely N-dealkylation sites (N-methyl/N-ethyl adjacent to an activating group) is 2. The van der Waals surface area contributed by atoms with Gasteiger partial charge in [0.15, 0.2) is 57.1 Å². The minimum absolute atomic E-state index is 0.0496. The molecule has 0 saturated carbocycles. The summed E-state index contributed by atoms with van der Waals surface area (Å²) < 4.78 is 61.1. The van der Waals surface area contributed by atoms with Crippen molar-refractivity contribution in [3.05, 3.63) is 137 Å². The lowest BCUT2D eigenvalue weighted by Crippen LogP contribution is -2.69. The van der Waals surface area contributed by atoms with Crippen LogP contribution in [0.3, 0.4) is 0 Å². The summed E-state index contributed by atoms with van der Waals surface area (Å²) in [5.74, 6) is 2.23. The number of esters is 4. The second-order valence-corrected chi connectivity index (χ2v) is 32.7. The van der Waals surface area contributed by atoms with Crippen LogP contribution in [0, 0.1) is 64.2 Å². The number of ether oxygens (including phenoxy) is 10. The number of carbonyl (C=O) groups excluding carboxylic acids is 4. The maximum absolute atomic E-state index is 14.7. The van der Waals surface area contributed by atoms with Gasteiger partial charge in [0.05, 0.1) is 61.0 Å². The van der Waals surface area contributed by atoms with Gasteiger partial charge in [-0.25, -0.2) is 9.59 Å². The number of methoxy groups -OCH3 is 2. The SMILES string of the molecule is COc1c(C)cc2c(c1O)[C@@H]1[C@@H]3[C@@H]4SCC5(NCCc6cc(O)c(C)cc65)C(=O)OC[C@@H](c5c6c(c(C)c(OC(C)=O)c54)OCO6)N3[C@@H](C#N)C(C2)N1C.COc1c(C)cc2c(c1O)[C@@H]1[C@@H]3[C@@H]4SCC5(NCCc6cc(O)c(C)cc65)C(=O)OC[C@@H](c5c6c(c(C)c(OC(C)=O)c54)OCO6)N3[C@@H](C#N)C(C2)N1C. The minimum atomic E-state index is -1.28. The number of fused-ring (bicyclic) bond motifs is 18. The van der Waals surface area contributed by atoms with Crippen molar-refractivity contribution in [2.24, 2.45) is 0 Å². The molecule has 108 heavy (non-hydrogen) atoms. The van der Waals surface area contributed by atoms with Gasteiger partial charge in [-0.1, -0.05) is 12.1 Å². The summed E-state index contributed by atoms with van der Waals surface area (Å²) in [6.07, 6.45) is 2.23. The number of nitriles is 2. The molecule has 8 bridgehead atoms. The molecular weight excluding hydrogens is 1430 g/mol. The first kappa shape index (κ1) is 71.6. The van der Waals surface area contributed by atoms with Gasteiger partial charge >= 0.3 is 23.9 Å². The Labute approximate surface area is 632 Å². The van der Waals surface area contributed by atoms with Crippen molar-refractivity contribution < 1.29 is 87.0 Å². The minimum Gasteiger partial charge on any atom is -0.508 e. The molecule has 14 heterocycles. The van der Waals surface area contributed by atoms with Crippen molar-refractivity contribution in [1.29, 1.82) is 10.5 Å². The van der Waals surface area contributed by atoms with E-state index < -0.39 is 93.8 Å². The molecule has 20 rings (SSSR count). The Morgan fingerprint density at radius 1 is 0.528 bits per heavy atom. The molecule has 6 N–H and O–H groups in total. The Bertz CT molecular complexity index is 4720. The summed E-state index contributed by atoms with van der Waals surface area (Å²) in [6.45, 7) is 14.4. The van der Waals surface area contributed by atoms with Crippen molar-refractivity contribution in [3.63, 3.8) is 0 Å². The quantitative estimate of drug-likeness (QED) is 0.0710. The zero-order chi connectivity index (χ0) is 75.9. The molecule has 2 spiro atoms. The topological polar surface area (TPSA) is 326 Å². The van der Waals surface area contributed by atoms with Crippen LogP contribution in [0.1, 0.15) is 149 Å². The largest absolute Gasteiger partial charge is 0.508 e. The molecule has 14 aliphatic heterocycles. The molecule has 6 aromatic rings. The highest BCUT2D eigenvalue weighted by Crippen LogP contribution is 2.68. The Morgan fingerprint density at radius 2 is 0.917 bits per heavy atom. The van der Waals surface area contributed by atoms with Gasteiger partial charge in [0.1, 0.15) is 48.3 Å². The van der Waals surface area contributed by atoms with Gasteiger partial charge in [-0.3, -0.25) is 39.8 Å². The highest BCUT2D eigenvalue weighted by Gasteiger charge is 2.65. The van der Waals surface area contributed by atoms with Gasteiger partial charge in [0.2, 0.25) is 13.6 Å². The summed E-state index contributed by atoms with van der Waals surface area (Å²) in [6, 6.07) is 11.3. The zero-order valence-corrected chi connectivity index (χ0v) is 63.5. The van der Waals surface area contributed by atoms with Crippen LogP contribution in [0.2, 0.25) is 0 Å². The van der Waals surface area contributed by atoms with Crippen LogP contribution in [0.25, 0.3) is 0 Å². The van der Waals surface area contributed by atoms with Crippen LogP contribution in [0.15, 0.2) is 36.4 Å². The molecule has 0 aliphatic carbocycles. The van der Waals surface area contributed by atoms with Gasteiger partial charge in [-0.15, -0.1) is 23.5 Å². The predicted molar refractivity (Wildman–Crippen MR) is 392 cm³/mol. The number of nitrogens with one attached hydrogen (secondary N) is 2. The van der Waals surface area contributed by atoms with Crippen LogP contribution in [-0.4, -0.2) is 180 Å². The van der Waals surface area contributed by atoms with E-state index in [2.05, 4.69) is 54.5 Å². The average Bonchev–Trinajstić information content (AvgIpc) is 0.960. The first-order chi connectivity index (χ1) is 51.8. The molecule has 564 valence electrons. The maximum atomic E-state index is 14.7. The molecule has 0 aromatic heterocycles. The third kappa shape index (κ3) is 10.2. The van der Waals surface area contributed by atoms with Crippen molar-refractivity contribution in [3.8, 4) is 81.1 Å². The van der Waals surface area contributed by atoms with Crippen LogP contribution >= 0.6 is 23.5 Å². The third-order valence-electron chi connectivity index (χ3n) is 24.9. The Hall–Kier alpha value is -9.36. The number of hydrogen-bond acceptors (Lipinski definition) is 28. The number of phenolic OH excluding ortho intramolecular Hbond substituents is 4. The molecule has 4 unspecified atom stereocenters. The second-order valence-electron chi connectivity index (χ2n) is 30.4. The van der Waals surface area contributed by atoms with E-state index in [9.17, 15) is 50.1 Å². The molecule has 14 aliphatic rings. The lowest BCUT2D eigenvalue weighted by Gasteiger charge is -2.62. The van der Waals surface area contributed by atoms with E-state index in [4.69, 9.17) is 47.4 Å². The molecule has 0 radical (unpaired) electrons. The molecule has 4 fully saturated rings. The maximum Gasteiger partial charge on any atom is 0.331 e. The van der Waals surface area contributed by atoms with Crippen LogP contribution < -0.4 is 48.5 Å². The number of rotatable bonds is 4. The van der Waals surface area contributed by atoms with Crippen molar-refractivity contribution in [2.75, 3.05) is 79.7 Å². The zero-order valence-electron chi connectivity index (χ0n) is 61.9. The average molecular weight is 1510 g/mol. The number of thioether (sulfide) groups is 2. The summed E-state index contributed by atoms with van der Waals surface area (Å²) in [5.41, 5.74) is 10.8. The van der Waals surface area contributed by atoms with E-state index in [1.807, 2.05) is 67.8 Å². The van der Waals surface area contributed by atoms with Gasteiger partial charge in [-0.2, -0.15) is 10.5 Å². The van der Waals surface area contributed by atoms with E-state index in [1.165, 1.54) is 37.4 Å².